The van der Waals surface area contributed by atoms with Crippen molar-refractivity contribution in [1.82, 2.24) is 0 Å². The van der Waals surface area contributed by atoms with E-state index in [9.17, 15) is 8.42 Å². The van der Waals surface area contributed by atoms with Gasteiger partial charge >= 0.3 is 10.1 Å². The molecule has 18 heavy (non-hydrogen) atoms. The van der Waals surface area contributed by atoms with E-state index >= 15 is 0 Å². The van der Waals surface area contributed by atoms with Crippen molar-refractivity contribution in [2.75, 3.05) is 5.75 Å². The van der Waals surface area contributed by atoms with Crippen molar-refractivity contribution in [3.05, 3.63) is 42.5 Å². The highest BCUT2D eigenvalue weighted by atomic mass is 32.2. The lowest BCUT2D eigenvalue weighted by molar-refractivity contribution is 0.488. The molecule has 0 N–H and O–H groups in total. The zero-order chi connectivity index (χ0) is 13.0. The topological polar surface area (TPSA) is 43.4 Å². The molecule has 0 atom stereocenters. The van der Waals surface area contributed by atoms with Crippen molar-refractivity contribution in [1.29, 1.82) is 0 Å². The summed E-state index contributed by atoms with van der Waals surface area (Å²) in [4.78, 5) is 0. The lowest BCUT2D eigenvalue weighted by Crippen LogP contribution is -2.12. The van der Waals surface area contributed by atoms with Crippen LogP contribution in [0, 0.1) is 0 Å². The van der Waals surface area contributed by atoms with Crippen molar-refractivity contribution >= 4 is 10.1 Å². The summed E-state index contributed by atoms with van der Waals surface area (Å²) in [6.45, 7) is 3.41. The average Bonchev–Trinajstić information content (AvgIpc) is 2.81. The fraction of sp³-hybridized carbons (Fsp3) is 0.429. The molecular weight excluding hydrogens is 248 g/mol. The van der Waals surface area contributed by atoms with Crippen LogP contribution >= 0.6 is 0 Å². The van der Waals surface area contributed by atoms with Gasteiger partial charge in [0.05, 0.1) is 0 Å². The number of rotatable bonds is 5. The molecule has 2 rings (SSSR count). The Balaban J connectivity index is 2.14. The molecule has 0 aromatic heterocycles. The zero-order valence-corrected chi connectivity index (χ0v) is 11.2. The Morgan fingerprint density at radius 2 is 2.06 bits per heavy atom. The van der Waals surface area contributed by atoms with Gasteiger partial charge in [-0.2, -0.15) is 8.42 Å². The van der Waals surface area contributed by atoms with E-state index in [1.165, 1.54) is 37.3 Å². The maximum atomic E-state index is 11.5. The van der Waals surface area contributed by atoms with Crippen LogP contribution in [0.5, 0.6) is 5.75 Å². The van der Waals surface area contributed by atoms with Gasteiger partial charge in [0, 0.05) is 0 Å². The van der Waals surface area contributed by atoms with Crippen LogP contribution in [0.1, 0.15) is 37.2 Å². The largest absolute Gasteiger partial charge is 0.382 e. The molecule has 98 valence electrons. The SMILES string of the molecule is C=CCS(=O)(=O)Oc1cccc(C2CCCC2)c1. The standard InChI is InChI=1S/C14H18O3S/c1-2-10-18(15,16)17-14-9-5-8-13(11-14)12-6-3-4-7-12/h2,5,8-9,11-12H,1,3-4,6-7,10H2. The third-order valence-electron chi connectivity index (χ3n) is 3.23. The van der Waals surface area contributed by atoms with E-state index < -0.39 is 10.1 Å². The Morgan fingerprint density at radius 1 is 1.33 bits per heavy atom. The third-order valence-corrected chi connectivity index (χ3v) is 4.32. The molecule has 3 nitrogen and oxygen atoms in total. The molecule has 0 unspecified atom stereocenters. The Labute approximate surface area is 109 Å². The molecule has 0 saturated heterocycles. The summed E-state index contributed by atoms with van der Waals surface area (Å²) in [7, 11) is -3.54. The minimum Gasteiger partial charge on any atom is -0.382 e. The van der Waals surface area contributed by atoms with E-state index in [-0.39, 0.29) is 5.75 Å². The predicted molar refractivity (Wildman–Crippen MR) is 72.3 cm³/mol. The summed E-state index contributed by atoms with van der Waals surface area (Å²) in [5, 5.41) is 0. The van der Waals surface area contributed by atoms with Crippen LogP contribution in [0.2, 0.25) is 0 Å². The molecule has 1 aliphatic carbocycles. The van der Waals surface area contributed by atoms with Crippen LogP contribution in [-0.4, -0.2) is 14.2 Å². The first-order valence-corrected chi connectivity index (χ1v) is 7.81. The smallest absolute Gasteiger partial charge is 0.312 e. The van der Waals surface area contributed by atoms with E-state index in [1.807, 2.05) is 18.2 Å². The molecule has 0 radical (unpaired) electrons. The van der Waals surface area contributed by atoms with Gasteiger partial charge in [-0.25, -0.2) is 0 Å². The number of benzene rings is 1. The summed E-state index contributed by atoms with van der Waals surface area (Å²) in [6.07, 6.45) is 6.21. The number of hydrogen-bond donors (Lipinski definition) is 0. The highest BCUT2D eigenvalue weighted by Gasteiger charge is 2.18. The average molecular weight is 266 g/mol. The molecule has 0 bridgehead atoms. The van der Waals surface area contributed by atoms with Crippen LogP contribution in [-0.2, 0) is 10.1 Å². The van der Waals surface area contributed by atoms with Gasteiger partial charge < -0.3 is 4.18 Å². The Hall–Kier alpha value is -1.29. The lowest BCUT2D eigenvalue weighted by atomic mass is 9.98. The monoisotopic (exact) mass is 266 g/mol. The van der Waals surface area contributed by atoms with Crippen molar-refractivity contribution in [3.63, 3.8) is 0 Å². The summed E-state index contributed by atoms with van der Waals surface area (Å²) >= 11 is 0. The highest BCUT2D eigenvalue weighted by molar-refractivity contribution is 7.87. The Bertz CT molecular complexity index is 514. The first-order chi connectivity index (χ1) is 8.61. The van der Waals surface area contributed by atoms with E-state index in [0.29, 0.717) is 11.7 Å². The fourth-order valence-corrected chi connectivity index (χ4v) is 3.16. The molecule has 4 heteroatoms. The minimum absolute atomic E-state index is 0.166. The van der Waals surface area contributed by atoms with Gasteiger partial charge in [-0.05, 0) is 36.5 Å². The van der Waals surface area contributed by atoms with Crippen LogP contribution in [0.3, 0.4) is 0 Å². The van der Waals surface area contributed by atoms with Crippen LogP contribution in [0.25, 0.3) is 0 Å². The van der Waals surface area contributed by atoms with Crippen LogP contribution < -0.4 is 4.18 Å². The second-order valence-corrected chi connectivity index (χ2v) is 6.27. The fourth-order valence-electron chi connectivity index (χ4n) is 2.40. The zero-order valence-electron chi connectivity index (χ0n) is 10.3. The van der Waals surface area contributed by atoms with Gasteiger partial charge in [-0.1, -0.05) is 31.1 Å². The quantitative estimate of drug-likeness (QED) is 0.607. The maximum absolute atomic E-state index is 11.5. The van der Waals surface area contributed by atoms with Crippen LogP contribution in [0.15, 0.2) is 36.9 Å². The minimum atomic E-state index is -3.54. The molecule has 0 heterocycles. The van der Waals surface area contributed by atoms with Gasteiger partial charge in [-0.3, -0.25) is 0 Å². The Kier molecular flexibility index (Phi) is 4.07. The van der Waals surface area contributed by atoms with Gasteiger partial charge in [0.15, 0.2) is 0 Å². The normalized spacial score (nSPS) is 16.7. The number of hydrogen-bond acceptors (Lipinski definition) is 3. The van der Waals surface area contributed by atoms with Gasteiger partial charge in [-0.15, -0.1) is 6.58 Å². The second-order valence-electron chi connectivity index (χ2n) is 4.65. The first-order valence-electron chi connectivity index (χ1n) is 6.24. The van der Waals surface area contributed by atoms with Crippen molar-refractivity contribution in [3.8, 4) is 5.75 Å². The third kappa shape index (κ3) is 3.35. The second kappa shape index (κ2) is 5.57. The molecule has 1 saturated carbocycles. The molecule has 1 aliphatic rings. The van der Waals surface area contributed by atoms with E-state index in [4.69, 9.17) is 4.18 Å². The summed E-state index contributed by atoms with van der Waals surface area (Å²) in [5.41, 5.74) is 1.18. The van der Waals surface area contributed by atoms with Crippen LogP contribution in [0.4, 0.5) is 0 Å². The van der Waals surface area contributed by atoms with Gasteiger partial charge in [0.25, 0.3) is 0 Å². The van der Waals surface area contributed by atoms with Gasteiger partial charge in [0.1, 0.15) is 11.5 Å². The van der Waals surface area contributed by atoms with Crippen molar-refractivity contribution in [2.45, 2.75) is 31.6 Å². The highest BCUT2D eigenvalue weighted by Crippen LogP contribution is 2.35. The maximum Gasteiger partial charge on any atom is 0.312 e. The van der Waals surface area contributed by atoms with Gasteiger partial charge in [0.2, 0.25) is 0 Å². The molecule has 1 fully saturated rings. The molecule has 0 aliphatic heterocycles. The molecule has 1 aromatic carbocycles. The van der Waals surface area contributed by atoms with E-state index in [1.54, 1.807) is 6.07 Å². The molecule has 0 spiro atoms. The summed E-state index contributed by atoms with van der Waals surface area (Å²) in [6, 6.07) is 7.42. The van der Waals surface area contributed by atoms with E-state index in [0.717, 1.165) is 0 Å². The summed E-state index contributed by atoms with van der Waals surface area (Å²) < 4.78 is 28.1. The Morgan fingerprint density at radius 3 is 2.72 bits per heavy atom. The van der Waals surface area contributed by atoms with Crippen molar-refractivity contribution in [2.24, 2.45) is 0 Å². The first kappa shape index (κ1) is 13.1. The molecular formula is C14H18O3S. The van der Waals surface area contributed by atoms with Crippen molar-refractivity contribution < 1.29 is 12.6 Å². The van der Waals surface area contributed by atoms with E-state index in [2.05, 4.69) is 6.58 Å². The predicted octanol–water partition coefficient (Wildman–Crippen LogP) is 3.24. The molecule has 1 aromatic rings. The lowest BCUT2D eigenvalue weighted by Gasteiger charge is -2.11. The summed E-state index contributed by atoms with van der Waals surface area (Å²) in [5.74, 6) is 0.789. The molecule has 0 amide bonds.